The van der Waals surface area contributed by atoms with Crippen molar-refractivity contribution >= 4 is 0 Å². The lowest BCUT2D eigenvalue weighted by Gasteiger charge is -2.38. The molecule has 0 spiro atoms. The minimum Gasteiger partial charge on any atom is -0.493 e. The largest absolute Gasteiger partial charge is 0.493 e. The average molecular weight is 735 g/mol. The van der Waals surface area contributed by atoms with Crippen LogP contribution in [0.15, 0.2) is 133 Å². The van der Waals surface area contributed by atoms with E-state index < -0.39 is 17.6 Å². The molecule has 6 heteroatoms. The summed E-state index contributed by atoms with van der Waals surface area (Å²) in [4.78, 5) is 0. The first-order valence-corrected chi connectivity index (χ1v) is 19.4. The van der Waals surface area contributed by atoms with Gasteiger partial charge in [-0.3, -0.25) is 0 Å². The van der Waals surface area contributed by atoms with Crippen molar-refractivity contribution in [2.75, 3.05) is 26.4 Å². The summed E-state index contributed by atoms with van der Waals surface area (Å²) in [6.07, 6.45) is 0.202. The molecule has 0 bridgehead atoms. The van der Waals surface area contributed by atoms with Crippen LogP contribution < -0.4 is 18.9 Å². The monoisotopic (exact) mass is 734 g/mol. The number of rotatable bonds is 16. The molecule has 0 aromatic heterocycles. The van der Waals surface area contributed by atoms with Crippen LogP contribution in [-0.4, -0.2) is 48.8 Å². The van der Waals surface area contributed by atoms with Crippen molar-refractivity contribution in [1.82, 2.24) is 0 Å². The zero-order chi connectivity index (χ0) is 38.4. The fourth-order valence-electron chi connectivity index (χ4n) is 7.81. The summed E-state index contributed by atoms with van der Waals surface area (Å²) >= 11 is 0. The Hall–Kier alpha value is -5.56. The molecule has 0 aliphatic heterocycles. The second-order valence-corrected chi connectivity index (χ2v) is 14.2. The first-order valence-electron chi connectivity index (χ1n) is 19.4. The van der Waals surface area contributed by atoms with Crippen LogP contribution in [0.4, 0.5) is 0 Å². The Kier molecular flexibility index (Phi) is 11.6. The summed E-state index contributed by atoms with van der Waals surface area (Å²) in [5.74, 6) is 2.62. The van der Waals surface area contributed by atoms with Gasteiger partial charge >= 0.3 is 0 Å². The Morgan fingerprint density at radius 1 is 0.455 bits per heavy atom. The quantitative estimate of drug-likeness (QED) is 0.103. The van der Waals surface area contributed by atoms with Gasteiger partial charge < -0.3 is 29.2 Å². The molecule has 2 N–H and O–H groups in total. The molecule has 7 rings (SSSR count). The van der Waals surface area contributed by atoms with E-state index in [4.69, 9.17) is 18.9 Å². The van der Waals surface area contributed by atoms with Crippen LogP contribution in [0.1, 0.15) is 62.8 Å². The molecule has 2 unspecified atom stereocenters. The van der Waals surface area contributed by atoms with E-state index in [1.165, 1.54) is 0 Å². The lowest BCUT2D eigenvalue weighted by molar-refractivity contribution is 0.121. The molecule has 0 amide bonds. The van der Waals surface area contributed by atoms with E-state index >= 15 is 0 Å². The van der Waals surface area contributed by atoms with Crippen LogP contribution in [0.3, 0.4) is 0 Å². The van der Waals surface area contributed by atoms with Gasteiger partial charge in [0.15, 0.2) is 0 Å². The summed E-state index contributed by atoms with van der Waals surface area (Å²) < 4.78 is 26.8. The minimum absolute atomic E-state index is 0.0634. The third-order valence-electron chi connectivity index (χ3n) is 9.99. The van der Waals surface area contributed by atoms with Crippen molar-refractivity contribution < 1.29 is 29.2 Å². The maximum Gasteiger partial charge on any atom is 0.135 e. The molecule has 0 saturated heterocycles. The Bertz CT molecular complexity index is 2050. The normalized spacial score (nSPS) is 13.7. The van der Waals surface area contributed by atoms with E-state index in [9.17, 15) is 10.2 Å². The lowest BCUT2D eigenvalue weighted by atomic mass is 9.66. The van der Waals surface area contributed by atoms with Gasteiger partial charge in [-0.05, 0) is 72.2 Å². The van der Waals surface area contributed by atoms with Crippen molar-refractivity contribution in [3.63, 3.8) is 0 Å². The van der Waals surface area contributed by atoms with Crippen LogP contribution >= 0.6 is 0 Å². The standard InChI is InChI=1S/C49H50O6/c1-5-29-52-43-27-25-41(47(54-31-33(3)50)45(43)35-17-9-7-10-18-35)49(39-23-15-13-21-37(39)38-22-14-16-24-40(38)49)42-26-28-44(53-30-6-2)46(36-19-11-8-12-20-36)48(42)55-32-34(4)51/h7-28,33-34,50-51H,5-6,29-32H2,1-4H3. The predicted octanol–water partition coefficient (Wildman–Crippen LogP) is 10.5. The number of ether oxygens (including phenoxy) is 4. The molecule has 282 valence electrons. The number of aliphatic hydroxyl groups is 2. The number of hydrogen-bond donors (Lipinski definition) is 2. The molecule has 0 heterocycles. The zero-order valence-corrected chi connectivity index (χ0v) is 32.1. The van der Waals surface area contributed by atoms with E-state index in [0.29, 0.717) is 36.2 Å². The fourth-order valence-corrected chi connectivity index (χ4v) is 7.81. The van der Waals surface area contributed by atoms with Crippen molar-refractivity contribution in [2.45, 2.75) is 58.2 Å². The van der Waals surface area contributed by atoms with Gasteiger partial charge in [0.1, 0.15) is 36.2 Å². The number of benzene rings is 6. The Balaban J connectivity index is 1.68. The number of fused-ring (bicyclic) bond motifs is 3. The Morgan fingerprint density at radius 2 is 0.836 bits per heavy atom. The van der Waals surface area contributed by atoms with E-state index in [0.717, 1.165) is 68.5 Å². The topological polar surface area (TPSA) is 77.4 Å². The SMILES string of the molecule is CCCOc1ccc(C2(c3ccc(OCCC)c(-c4ccccc4)c3OCC(C)O)c3ccccc3-c3ccccc32)c(OCC(C)O)c1-c1ccccc1. The highest BCUT2D eigenvalue weighted by Crippen LogP contribution is 2.62. The molecule has 0 radical (unpaired) electrons. The van der Waals surface area contributed by atoms with Crippen molar-refractivity contribution in [3.05, 3.63) is 156 Å². The number of aliphatic hydroxyl groups excluding tert-OH is 2. The molecule has 0 fully saturated rings. The molecule has 6 aromatic carbocycles. The third-order valence-corrected chi connectivity index (χ3v) is 9.99. The van der Waals surface area contributed by atoms with Crippen LogP contribution in [0.25, 0.3) is 33.4 Å². The Morgan fingerprint density at radius 3 is 1.22 bits per heavy atom. The first-order chi connectivity index (χ1) is 26.9. The second kappa shape index (κ2) is 16.8. The highest BCUT2D eigenvalue weighted by atomic mass is 16.5. The molecule has 1 aliphatic carbocycles. The van der Waals surface area contributed by atoms with Gasteiger partial charge in [0, 0.05) is 11.1 Å². The van der Waals surface area contributed by atoms with Gasteiger partial charge in [-0.15, -0.1) is 0 Å². The maximum atomic E-state index is 10.8. The molecular weight excluding hydrogens is 685 g/mol. The summed E-state index contributed by atoms with van der Waals surface area (Å²) in [7, 11) is 0. The molecule has 6 aromatic rings. The fraction of sp³-hybridized carbons (Fsp3) is 0.265. The number of hydrogen-bond acceptors (Lipinski definition) is 6. The van der Waals surface area contributed by atoms with Crippen LogP contribution in [0.2, 0.25) is 0 Å². The van der Waals surface area contributed by atoms with Crippen LogP contribution in [0.5, 0.6) is 23.0 Å². The third kappa shape index (κ3) is 7.20. The highest BCUT2D eigenvalue weighted by Gasteiger charge is 2.50. The molecule has 55 heavy (non-hydrogen) atoms. The summed E-state index contributed by atoms with van der Waals surface area (Å²) in [5.41, 5.74) is 8.54. The maximum absolute atomic E-state index is 10.8. The second-order valence-electron chi connectivity index (χ2n) is 14.2. The van der Waals surface area contributed by atoms with Gasteiger partial charge in [0.25, 0.3) is 0 Å². The molecule has 6 nitrogen and oxygen atoms in total. The van der Waals surface area contributed by atoms with E-state index in [1.54, 1.807) is 13.8 Å². The molecule has 0 saturated carbocycles. The van der Waals surface area contributed by atoms with Gasteiger partial charge in [-0.25, -0.2) is 0 Å². The Labute approximate surface area is 324 Å². The van der Waals surface area contributed by atoms with Gasteiger partial charge in [-0.1, -0.05) is 135 Å². The van der Waals surface area contributed by atoms with Crippen molar-refractivity contribution in [2.24, 2.45) is 0 Å². The average Bonchev–Trinajstić information content (AvgIpc) is 3.51. The smallest absolute Gasteiger partial charge is 0.135 e. The predicted molar refractivity (Wildman–Crippen MR) is 221 cm³/mol. The zero-order valence-electron chi connectivity index (χ0n) is 32.1. The van der Waals surface area contributed by atoms with Crippen molar-refractivity contribution in [1.29, 1.82) is 0 Å². The summed E-state index contributed by atoms with van der Waals surface area (Å²) in [5, 5.41) is 21.5. The first kappa shape index (κ1) is 37.7. The van der Waals surface area contributed by atoms with Gasteiger partial charge in [0.2, 0.25) is 0 Å². The molecular formula is C49H50O6. The van der Waals surface area contributed by atoms with Gasteiger partial charge in [-0.2, -0.15) is 0 Å². The van der Waals surface area contributed by atoms with E-state index in [2.05, 4.69) is 111 Å². The summed E-state index contributed by atoms with van der Waals surface area (Å²) in [6.45, 7) is 8.84. The highest BCUT2D eigenvalue weighted by molar-refractivity contribution is 5.92. The van der Waals surface area contributed by atoms with Crippen LogP contribution in [-0.2, 0) is 5.41 Å². The van der Waals surface area contributed by atoms with Gasteiger partial charge in [0.05, 0.1) is 42.0 Å². The lowest BCUT2D eigenvalue weighted by Crippen LogP contribution is -2.31. The van der Waals surface area contributed by atoms with Crippen molar-refractivity contribution in [3.8, 4) is 56.4 Å². The van der Waals surface area contributed by atoms with Crippen LogP contribution in [0, 0.1) is 0 Å². The van der Waals surface area contributed by atoms with E-state index in [-0.39, 0.29) is 13.2 Å². The summed E-state index contributed by atoms with van der Waals surface area (Å²) in [6, 6.07) is 45.8. The molecule has 1 aliphatic rings. The minimum atomic E-state index is -1.01. The molecule has 2 atom stereocenters. The van der Waals surface area contributed by atoms with E-state index in [1.807, 2.05) is 36.4 Å².